The number of ether oxygens (including phenoxy) is 1. The quantitative estimate of drug-likeness (QED) is 0.492. The highest BCUT2D eigenvalue weighted by atomic mass is 35.5. The second-order valence-electron chi connectivity index (χ2n) is 6.14. The van der Waals surface area contributed by atoms with E-state index < -0.39 is 18.0 Å². The lowest BCUT2D eigenvalue weighted by Crippen LogP contribution is -2.25. The van der Waals surface area contributed by atoms with Crippen molar-refractivity contribution < 1.29 is 18.7 Å². The number of esters is 1. The van der Waals surface area contributed by atoms with Crippen LogP contribution in [0.2, 0.25) is 5.15 Å². The first-order valence-electron chi connectivity index (χ1n) is 8.61. The van der Waals surface area contributed by atoms with Gasteiger partial charge in [0.15, 0.2) is 0 Å². The molecule has 0 saturated carbocycles. The van der Waals surface area contributed by atoms with Crippen molar-refractivity contribution in [2.24, 2.45) is 5.73 Å². The second-order valence-corrected chi connectivity index (χ2v) is 6.50. The van der Waals surface area contributed by atoms with E-state index in [2.05, 4.69) is 5.10 Å². The van der Waals surface area contributed by atoms with Crippen LogP contribution in [0.5, 0.6) is 0 Å². The zero-order valence-corrected chi connectivity index (χ0v) is 16.1. The Morgan fingerprint density at radius 3 is 2.45 bits per heavy atom. The first-order chi connectivity index (χ1) is 13.9. The maximum absolute atomic E-state index is 13.1. The van der Waals surface area contributed by atoms with Crippen molar-refractivity contribution in [3.63, 3.8) is 0 Å². The molecule has 6 nitrogen and oxygen atoms in total. The van der Waals surface area contributed by atoms with Gasteiger partial charge in [0.25, 0.3) is 5.91 Å². The summed E-state index contributed by atoms with van der Waals surface area (Å²) in [7, 11) is 0. The van der Waals surface area contributed by atoms with Crippen LogP contribution in [0, 0.1) is 12.7 Å². The second kappa shape index (κ2) is 8.70. The van der Waals surface area contributed by atoms with Crippen LogP contribution >= 0.6 is 11.6 Å². The van der Waals surface area contributed by atoms with Crippen LogP contribution in [0.15, 0.2) is 60.7 Å². The van der Waals surface area contributed by atoms with Gasteiger partial charge in [0.05, 0.1) is 11.4 Å². The summed E-state index contributed by atoms with van der Waals surface area (Å²) in [6.07, 6.45) is 1.38. The van der Waals surface area contributed by atoms with Crippen molar-refractivity contribution in [3.05, 3.63) is 88.5 Å². The summed E-state index contributed by atoms with van der Waals surface area (Å²) in [5, 5.41) is 4.55. The van der Waals surface area contributed by atoms with E-state index in [0.717, 1.165) is 6.08 Å². The minimum Gasteiger partial charge on any atom is -0.444 e. The monoisotopic (exact) mass is 413 g/mol. The maximum Gasteiger partial charge on any atom is 0.331 e. The molecule has 0 saturated heterocycles. The van der Waals surface area contributed by atoms with E-state index in [1.54, 1.807) is 37.3 Å². The molecular formula is C21H17ClFN3O3. The number of aryl methyl sites for hydroxylation is 1. The van der Waals surface area contributed by atoms with Crippen molar-refractivity contribution in [1.29, 1.82) is 0 Å². The molecule has 1 atom stereocenters. The Morgan fingerprint density at radius 2 is 1.83 bits per heavy atom. The Balaban J connectivity index is 1.79. The standard InChI is InChI=1S/C21H17ClFN3O3/c1-13-17(20(22)26(25-13)16-9-7-15(23)8-10-16)11-12-18(27)29-19(21(24)28)14-5-3-2-4-6-14/h2-12,19H,1H3,(H2,24,28)/b12-11+/t19-/m1/s1. The number of halogens is 2. The molecular weight excluding hydrogens is 397 g/mol. The number of rotatable bonds is 6. The smallest absolute Gasteiger partial charge is 0.331 e. The van der Waals surface area contributed by atoms with Crippen LogP contribution < -0.4 is 5.73 Å². The van der Waals surface area contributed by atoms with Crippen LogP contribution in [0.25, 0.3) is 11.8 Å². The number of nitrogens with two attached hydrogens (primary N) is 1. The first-order valence-corrected chi connectivity index (χ1v) is 8.98. The number of hydrogen-bond donors (Lipinski definition) is 1. The molecule has 1 aromatic heterocycles. The summed E-state index contributed by atoms with van der Waals surface area (Å²) in [6.45, 7) is 1.72. The highest BCUT2D eigenvalue weighted by Gasteiger charge is 2.21. The summed E-state index contributed by atoms with van der Waals surface area (Å²) in [5.74, 6) is -1.92. The number of carbonyl (C=O) groups excluding carboxylic acids is 2. The predicted molar refractivity (Wildman–Crippen MR) is 107 cm³/mol. The van der Waals surface area contributed by atoms with Gasteiger partial charge in [0.2, 0.25) is 6.10 Å². The number of aromatic nitrogens is 2. The molecule has 0 bridgehead atoms. The van der Waals surface area contributed by atoms with E-state index in [1.807, 2.05) is 0 Å². The molecule has 0 aliphatic rings. The summed E-state index contributed by atoms with van der Waals surface area (Å²) in [6, 6.07) is 14.1. The molecule has 8 heteroatoms. The number of primary amides is 1. The minimum absolute atomic E-state index is 0.243. The van der Waals surface area contributed by atoms with Gasteiger partial charge >= 0.3 is 5.97 Å². The van der Waals surface area contributed by atoms with Gasteiger partial charge in [0, 0.05) is 17.2 Å². The number of nitrogens with zero attached hydrogens (tertiary/aromatic N) is 2. The molecule has 2 N–H and O–H groups in total. The van der Waals surface area contributed by atoms with Gasteiger partial charge in [-0.1, -0.05) is 41.9 Å². The number of carbonyl (C=O) groups is 2. The van der Waals surface area contributed by atoms with Crippen molar-refractivity contribution in [2.75, 3.05) is 0 Å². The van der Waals surface area contributed by atoms with E-state index in [4.69, 9.17) is 22.1 Å². The molecule has 3 aromatic rings. The molecule has 0 fully saturated rings. The highest BCUT2D eigenvalue weighted by Crippen LogP contribution is 2.25. The van der Waals surface area contributed by atoms with Gasteiger partial charge < -0.3 is 10.5 Å². The zero-order chi connectivity index (χ0) is 21.0. The highest BCUT2D eigenvalue weighted by molar-refractivity contribution is 6.31. The molecule has 3 rings (SSSR count). The third-order valence-electron chi connectivity index (χ3n) is 4.10. The Morgan fingerprint density at radius 1 is 1.17 bits per heavy atom. The van der Waals surface area contributed by atoms with Crippen molar-refractivity contribution in [2.45, 2.75) is 13.0 Å². The van der Waals surface area contributed by atoms with Crippen molar-refractivity contribution in [1.82, 2.24) is 9.78 Å². The topological polar surface area (TPSA) is 87.2 Å². The Labute approximate surface area is 171 Å². The third-order valence-corrected chi connectivity index (χ3v) is 4.46. The molecule has 29 heavy (non-hydrogen) atoms. The fourth-order valence-electron chi connectivity index (χ4n) is 2.68. The van der Waals surface area contributed by atoms with Crippen LogP contribution in [0.1, 0.15) is 22.9 Å². The van der Waals surface area contributed by atoms with E-state index in [9.17, 15) is 14.0 Å². The normalized spacial score (nSPS) is 12.1. The molecule has 1 amide bonds. The predicted octanol–water partition coefficient (Wildman–Crippen LogP) is 3.76. The molecule has 0 unspecified atom stereocenters. The Kier molecular flexibility index (Phi) is 6.09. The third kappa shape index (κ3) is 4.70. The largest absolute Gasteiger partial charge is 0.444 e. The van der Waals surface area contributed by atoms with Gasteiger partial charge in [-0.15, -0.1) is 0 Å². The molecule has 1 heterocycles. The van der Waals surface area contributed by atoms with Crippen LogP contribution in [0.3, 0.4) is 0 Å². The molecule has 0 aliphatic carbocycles. The molecule has 0 radical (unpaired) electrons. The number of amides is 1. The number of hydrogen-bond acceptors (Lipinski definition) is 4. The summed E-state index contributed by atoms with van der Waals surface area (Å²) in [5.41, 5.74) is 7.43. The van der Waals surface area contributed by atoms with Crippen molar-refractivity contribution >= 4 is 29.6 Å². The fourth-order valence-corrected chi connectivity index (χ4v) is 3.01. The van der Waals surface area contributed by atoms with Crippen LogP contribution in [-0.2, 0) is 14.3 Å². The molecule has 2 aromatic carbocycles. The van der Waals surface area contributed by atoms with Crippen LogP contribution in [0.4, 0.5) is 4.39 Å². The van der Waals surface area contributed by atoms with Gasteiger partial charge in [0.1, 0.15) is 11.0 Å². The first kappa shape index (κ1) is 20.3. The van der Waals surface area contributed by atoms with Gasteiger partial charge in [-0.05, 0) is 37.3 Å². The lowest BCUT2D eigenvalue weighted by atomic mass is 10.1. The van der Waals surface area contributed by atoms with Gasteiger partial charge in [-0.25, -0.2) is 13.9 Å². The van der Waals surface area contributed by atoms with Crippen molar-refractivity contribution in [3.8, 4) is 5.69 Å². The van der Waals surface area contributed by atoms with E-state index in [-0.39, 0.29) is 11.0 Å². The molecule has 0 aliphatic heterocycles. The fraction of sp³-hybridized carbons (Fsp3) is 0.0952. The van der Waals surface area contributed by atoms with E-state index >= 15 is 0 Å². The summed E-state index contributed by atoms with van der Waals surface area (Å²) in [4.78, 5) is 23.9. The average Bonchev–Trinajstić information content (AvgIpc) is 2.99. The molecule has 0 spiro atoms. The molecule has 148 valence electrons. The maximum atomic E-state index is 13.1. The van der Waals surface area contributed by atoms with Gasteiger partial charge in [-0.3, -0.25) is 4.79 Å². The lowest BCUT2D eigenvalue weighted by Gasteiger charge is -2.13. The van der Waals surface area contributed by atoms with Crippen LogP contribution in [-0.4, -0.2) is 21.7 Å². The van der Waals surface area contributed by atoms with Gasteiger partial charge in [-0.2, -0.15) is 5.10 Å². The average molecular weight is 414 g/mol. The summed E-state index contributed by atoms with van der Waals surface area (Å²) < 4.78 is 19.7. The van der Waals surface area contributed by atoms with E-state index in [1.165, 1.54) is 35.0 Å². The SMILES string of the molecule is Cc1nn(-c2ccc(F)cc2)c(Cl)c1/C=C/C(=O)O[C@@H](C(N)=O)c1ccccc1. The lowest BCUT2D eigenvalue weighted by molar-refractivity contribution is -0.150. The van der Waals surface area contributed by atoms with E-state index in [0.29, 0.717) is 22.5 Å². The minimum atomic E-state index is -1.20. The number of benzene rings is 2. The Hall–Kier alpha value is -3.45. The Bertz CT molecular complexity index is 1060. The summed E-state index contributed by atoms with van der Waals surface area (Å²) >= 11 is 6.37. The zero-order valence-electron chi connectivity index (χ0n) is 15.4.